The highest BCUT2D eigenvalue weighted by atomic mass is 16.6. The van der Waals surface area contributed by atoms with Crippen LogP contribution in [-0.4, -0.2) is 71.8 Å². The second kappa shape index (κ2) is 14.2. The molecule has 1 heterocycles. The van der Waals surface area contributed by atoms with Gasteiger partial charge in [0, 0.05) is 13.1 Å². The molecular weight excluding hydrogens is 548 g/mol. The summed E-state index contributed by atoms with van der Waals surface area (Å²) in [6.45, 7) is 12.4. The number of unbranched alkanes of at least 4 members (excludes halogenated alkanes) is 1. The van der Waals surface area contributed by atoms with E-state index < -0.39 is 41.8 Å². The van der Waals surface area contributed by atoms with Crippen LogP contribution in [0.1, 0.15) is 98.3 Å². The number of carbonyl (C=O) groups is 5. The van der Waals surface area contributed by atoms with Crippen molar-refractivity contribution >= 4 is 29.6 Å². The van der Waals surface area contributed by atoms with Crippen LogP contribution in [0.2, 0.25) is 0 Å². The second-order valence-electron chi connectivity index (χ2n) is 13.8. The summed E-state index contributed by atoms with van der Waals surface area (Å²) in [6.07, 6.45) is 10.1. The minimum atomic E-state index is -0.981. The van der Waals surface area contributed by atoms with Crippen LogP contribution >= 0.6 is 0 Å². The molecule has 3 saturated carbocycles. The van der Waals surface area contributed by atoms with Crippen molar-refractivity contribution in [3.63, 3.8) is 0 Å². The Morgan fingerprint density at radius 3 is 2.37 bits per heavy atom. The molecule has 4 fully saturated rings. The minimum absolute atomic E-state index is 0.0316. The summed E-state index contributed by atoms with van der Waals surface area (Å²) in [4.78, 5) is 68.6. The maximum Gasteiger partial charge on any atom is 0.408 e. The molecule has 43 heavy (non-hydrogen) atoms. The van der Waals surface area contributed by atoms with Crippen LogP contribution in [0.4, 0.5) is 4.79 Å². The van der Waals surface area contributed by atoms with Gasteiger partial charge in [0.25, 0.3) is 5.91 Å². The van der Waals surface area contributed by atoms with Gasteiger partial charge in [0.1, 0.15) is 18.2 Å². The summed E-state index contributed by atoms with van der Waals surface area (Å²) in [5.41, 5.74) is -0.131. The van der Waals surface area contributed by atoms with Gasteiger partial charge in [0.15, 0.2) is 0 Å². The van der Waals surface area contributed by atoms with E-state index in [0.29, 0.717) is 19.4 Å². The van der Waals surface area contributed by atoms with Crippen molar-refractivity contribution in [1.82, 2.24) is 20.9 Å². The molecular formula is C33H52N4O6. The maximum atomic E-state index is 14.3. The van der Waals surface area contributed by atoms with Crippen molar-refractivity contribution < 1.29 is 28.7 Å². The molecule has 240 valence electrons. The first-order valence-electron chi connectivity index (χ1n) is 16.5. The van der Waals surface area contributed by atoms with Crippen molar-refractivity contribution in [2.75, 3.05) is 13.1 Å². The topological polar surface area (TPSA) is 134 Å². The Kier molecular flexibility index (Phi) is 10.9. The number of nitrogens with zero attached hydrogens (tertiary/aromatic N) is 1. The van der Waals surface area contributed by atoms with Gasteiger partial charge in [-0.25, -0.2) is 4.79 Å². The van der Waals surface area contributed by atoms with E-state index in [1.807, 2.05) is 6.92 Å². The Morgan fingerprint density at radius 1 is 1.02 bits per heavy atom. The fraction of sp³-hybridized carbons (Fsp3) is 0.788. The normalized spacial score (nSPS) is 29.1. The predicted octanol–water partition coefficient (Wildman–Crippen LogP) is 3.88. The van der Waals surface area contributed by atoms with Gasteiger partial charge in [-0.3, -0.25) is 19.2 Å². The number of carbonyl (C=O) groups excluding carboxylic acids is 5. The van der Waals surface area contributed by atoms with Gasteiger partial charge < -0.3 is 25.6 Å². The van der Waals surface area contributed by atoms with Crippen molar-refractivity contribution in [3.05, 3.63) is 12.7 Å². The third-order valence-corrected chi connectivity index (χ3v) is 10.6. The molecule has 3 N–H and O–H groups in total. The number of ether oxygens (including phenoxy) is 1. The van der Waals surface area contributed by atoms with Crippen LogP contribution in [0.15, 0.2) is 12.7 Å². The fourth-order valence-corrected chi connectivity index (χ4v) is 7.77. The average Bonchev–Trinajstić information content (AvgIpc) is 3.32. The first kappa shape index (κ1) is 33.0. The van der Waals surface area contributed by atoms with Crippen LogP contribution in [0.3, 0.4) is 0 Å². The summed E-state index contributed by atoms with van der Waals surface area (Å²) in [5.74, 6) is -1.79. The van der Waals surface area contributed by atoms with Crippen LogP contribution in [0, 0.1) is 29.1 Å². The minimum Gasteiger partial charge on any atom is -0.446 e. The lowest BCUT2D eigenvalue weighted by atomic mass is 9.83. The molecule has 4 aliphatic rings. The molecule has 3 aliphatic carbocycles. The Bertz CT molecular complexity index is 1070. The predicted molar refractivity (Wildman–Crippen MR) is 163 cm³/mol. The second-order valence-corrected chi connectivity index (χ2v) is 13.8. The van der Waals surface area contributed by atoms with E-state index in [-0.39, 0.29) is 47.6 Å². The molecule has 0 radical (unpaired) electrons. The first-order valence-corrected chi connectivity index (χ1v) is 16.5. The number of fused-ring (bicyclic) bond motifs is 1. The van der Waals surface area contributed by atoms with E-state index in [1.165, 1.54) is 6.08 Å². The van der Waals surface area contributed by atoms with Crippen LogP contribution in [0.25, 0.3) is 0 Å². The molecule has 4 rings (SSSR count). The number of ketones is 1. The summed E-state index contributed by atoms with van der Waals surface area (Å²) >= 11 is 0. The van der Waals surface area contributed by atoms with Crippen molar-refractivity contribution in [2.24, 2.45) is 29.1 Å². The third-order valence-electron chi connectivity index (χ3n) is 10.6. The van der Waals surface area contributed by atoms with Gasteiger partial charge in [-0.15, -0.1) is 6.58 Å². The zero-order valence-corrected chi connectivity index (χ0v) is 26.5. The zero-order chi connectivity index (χ0) is 31.3. The van der Waals surface area contributed by atoms with Crippen LogP contribution in [0.5, 0.6) is 0 Å². The maximum absolute atomic E-state index is 14.3. The number of Topliss-reactive ketones (excluding diaryl/α,β-unsaturated/α-hetero) is 1. The number of likely N-dealkylation sites (tertiary alicyclic amines) is 1. The molecule has 0 aromatic carbocycles. The van der Waals surface area contributed by atoms with E-state index in [0.717, 1.165) is 57.8 Å². The highest BCUT2D eigenvalue weighted by molar-refractivity contribution is 6.38. The molecule has 4 amide bonds. The monoisotopic (exact) mass is 600 g/mol. The largest absolute Gasteiger partial charge is 0.446 e. The molecule has 0 aromatic rings. The molecule has 10 nitrogen and oxygen atoms in total. The van der Waals surface area contributed by atoms with Gasteiger partial charge >= 0.3 is 6.09 Å². The standard InChI is InChI=1S/C33H52N4O6/c1-6-8-16-23(28(38)30(40)34-18-7-2)35-29(39)27-25-22(33(25,4)5)19-37(27)31(41)26(21-14-10-9-11-15-21)36-32(42)43-24-17-12-13-20(24)3/h7,20-27H,2,6,8-19H2,1,3-5H3,(H,34,40)(H,35,39)(H,36,42)/t20?,22-,23?,24?,25-,26-,27-/m0/s1. The molecule has 0 aromatic heterocycles. The Labute approximate surface area is 256 Å². The number of alkyl carbamates (subject to hydrolysis) is 1. The van der Waals surface area contributed by atoms with Crippen molar-refractivity contribution in [2.45, 2.75) is 123 Å². The van der Waals surface area contributed by atoms with Crippen LogP contribution < -0.4 is 16.0 Å². The fourth-order valence-electron chi connectivity index (χ4n) is 7.77. The summed E-state index contributed by atoms with van der Waals surface area (Å²) < 4.78 is 5.78. The highest BCUT2D eigenvalue weighted by Crippen LogP contribution is 2.65. The molecule has 0 spiro atoms. The van der Waals surface area contributed by atoms with E-state index in [2.05, 4.69) is 43.3 Å². The average molecular weight is 601 g/mol. The van der Waals surface area contributed by atoms with Gasteiger partial charge in [-0.1, -0.05) is 65.9 Å². The SMILES string of the molecule is C=CCNC(=O)C(=O)C(CCCC)NC(=O)[C@@H]1[C@@H]2[C@H](CN1C(=O)[C@@H](NC(=O)OC1CCCC1C)C1CCCCC1)C2(C)C. The number of hydrogen-bond acceptors (Lipinski definition) is 6. The zero-order valence-electron chi connectivity index (χ0n) is 26.5. The molecule has 0 bridgehead atoms. The van der Waals surface area contributed by atoms with Gasteiger partial charge in [0.05, 0.1) is 6.04 Å². The number of amides is 4. The van der Waals surface area contributed by atoms with Gasteiger partial charge in [-0.05, 0) is 67.6 Å². The lowest BCUT2D eigenvalue weighted by Crippen LogP contribution is -2.59. The number of nitrogens with one attached hydrogen (secondary N) is 3. The lowest BCUT2D eigenvalue weighted by molar-refractivity contribution is -0.145. The first-order chi connectivity index (χ1) is 20.5. The molecule has 7 atom stereocenters. The third kappa shape index (κ3) is 7.43. The number of piperidine rings is 1. The number of rotatable bonds is 13. The van der Waals surface area contributed by atoms with E-state index in [9.17, 15) is 24.0 Å². The summed E-state index contributed by atoms with van der Waals surface area (Å²) in [7, 11) is 0. The molecule has 1 aliphatic heterocycles. The highest BCUT2D eigenvalue weighted by Gasteiger charge is 2.69. The van der Waals surface area contributed by atoms with Crippen molar-refractivity contribution in [1.29, 1.82) is 0 Å². The van der Waals surface area contributed by atoms with Gasteiger partial charge in [-0.2, -0.15) is 0 Å². The lowest BCUT2D eigenvalue weighted by Gasteiger charge is -2.37. The number of hydrogen-bond donors (Lipinski definition) is 3. The van der Waals surface area contributed by atoms with E-state index >= 15 is 0 Å². The summed E-state index contributed by atoms with van der Waals surface area (Å²) in [5, 5.41) is 8.32. The summed E-state index contributed by atoms with van der Waals surface area (Å²) in [6, 6.07) is -2.53. The Morgan fingerprint density at radius 2 is 1.74 bits per heavy atom. The Balaban J connectivity index is 1.53. The smallest absolute Gasteiger partial charge is 0.408 e. The van der Waals surface area contributed by atoms with Crippen LogP contribution in [-0.2, 0) is 23.9 Å². The van der Waals surface area contributed by atoms with Crippen molar-refractivity contribution in [3.8, 4) is 0 Å². The van der Waals surface area contributed by atoms with E-state index in [1.54, 1.807) is 4.90 Å². The quantitative estimate of drug-likeness (QED) is 0.217. The molecule has 1 saturated heterocycles. The van der Waals surface area contributed by atoms with Gasteiger partial charge in [0.2, 0.25) is 17.6 Å². The molecule has 10 heteroatoms. The van der Waals surface area contributed by atoms with E-state index in [4.69, 9.17) is 4.74 Å². The molecule has 3 unspecified atom stereocenters. The Hall–Kier alpha value is -2.91.